The molecule has 88 valence electrons. The summed E-state index contributed by atoms with van der Waals surface area (Å²) < 4.78 is 1.25. The number of hydrogen-bond donors (Lipinski definition) is 1. The second-order valence-electron chi connectivity index (χ2n) is 4.81. The van der Waals surface area contributed by atoms with Crippen LogP contribution in [0.25, 0.3) is 0 Å². The number of rotatable bonds is 5. The van der Waals surface area contributed by atoms with Gasteiger partial charge in [0, 0.05) is 10.5 Å². The van der Waals surface area contributed by atoms with Crippen molar-refractivity contribution in [3.63, 3.8) is 0 Å². The topological polar surface area (TPSA) is 12.0 Å². The molecule has 0 radical (unpaired) electrons. The van der Waals surface area contributed by atoms with Gasteiger partial charge >= 0.3 is 0 Å². The Kier molecular flexibility index (Phi) is 4.04. The minimum absolute atomic E-state index is 0.521. The molecular formula is C14H20BrN. The van der Waals surface area contributed by atoms with Crippen molar-refractivity contribution in [3.8, 4) is 0 Å². The van der Waals surface area contributed by atoms with Crippen LogP contribution >= 0.6 is 15.9 Å². The fourth-order valence-electron chi connectivity index (χ4n) is 2.17. The average Bonchev–Trinajstić information content (AvgIpc) is 3.01. The number of halogens is 1. The number of benzene rings is 1. The maximum atomic E-state index is 3.69. The molecule has 1 nitrogen and oxygen atoms in total. The van der Waals surface area contributed by atoms with Crippen molar-refractivity contribution in [2.24, 2.45) is 5.92 Å². The van der Waals surface area contributed by atoms with Gasteiger partial charge in [-0.3, -0.25) is 0 Å². The molecule has 2 heteroatoms. The highest BCUT2D eigenvalue weighted by Gasteiger charge is 2.26. The molecule has 0 amide bonds. The van der Waals surface area contributed by atoms with Gasteiger partial charge in [-0.1, -0.05) is 47.8 Å². The van der Waals surface area contributed by atoms with Gasteiger partial charge in [0.1, 0.15) is 0 Å². The molecule has 1 aromatic rings. The van der Waals surface area contributed by atoms with Gasteiger partial charge in [-0.2, -0.15) is 0 Å². The second kappa shape index (κ2) is 5.33. The summed E-state index contributed by atoms with van der Waals surface area (Å²) in [6.07, 6.45) is 4.13. The van der Waals surface area contributed by atoms with Gasteiger partial charge in [-0.15, -0.1) is 0 Å². The lowest BCUT2D eigenvalue weighted by Crippen LogP contribution is -2.21. The first-order valence-corrected chi connectivity index (χ1v) is 6.99. The zero-order valence-corrected chi connectivity index (χ0v) is 11.7. The highest BCUT2D eigenvalue weighted by molar-refractivity contribution is 9.10. The lowest BCUT2D eigenvalue weighted by Gasteiger charge is -2.20. The molecule has 0 heterocycles. The van der Waals surface area contributed by atoms with Crippen molar-refractivity contribution < 1.29 is 0 Å². The van der Waals surface area contributed by atoms with E-state index in [-0.39, 0.29) is 0 Å². The van der Waals surface area contributed by atoms with Crippen LogP contribution in [0.5, 0.6) is 0 Å². The summed E-state index contributed by atoms with van der Waals surface area (Å²) in [5.74, 6) is 0.956. The first kappa shape index (κ1) is 12.1. The van der Waals surface area contributed by atoms with Crippen LogP contribution in [0.15, 0.2) is 22.7 Å². The summed E-state index contributed by atoms with van der Waals surface area (Å²) in [6, 6.07) is 7.20. The van der Waals surface area contributed by atoms with E-state index in [4.69, 9.17) is 0 Å². The summed E-state index contributed by atoms with van der Waals surface area (Å²) in [6.45, 7) is 5.36. The van der Waals surface area contributed by atoms with E-state index in [1.54, 1.807) is 0 Å². The SMILES string of the molecule is CCNC(CC1CC1)c1ccc(C)cc1Br. The quantitative estimate of drug-likeness (QED) is 0.853. The third kappa shape index (κ3) is 3.08. The molecular weight excluding hydrogens is 262 g/mol. The van der Waals surface area contributed by atoms with Crippen LogP contribution in [0.1, 0.15) is 43.4 Å². The molecule has 0 aromatic heterocycles. The monoisotopic (exact) mass is 281 g/mol. The van der Waals surface area contributed by atoms with Gasteiger partial charge < -0.3 is 5.32 Å². The summed E-state index contributed by atoms with van der Waals surface area (Å²) in [4.78, 5) is 0. The molecule has 1 unspecified atom stereocenters. The summed E-state index contributed by atoms with van der Waals surface area (Å²) in [5, 5.41) is 3.60. The molecule has 1 saturated carbocycles. The lowest BCUT2D eigenvalue weighted by molar-refractivity contribution is 0.485. The minimum atomic E-state index is 0.521. The van der Waals surface area contributed by atoms with Crippen molar-refractivity contribution in [2.45, 2.75) is 39.2 Å². The first-order chi connectivity index (χ1) is 7.70. The molecule has 1 aliphatic rings. The van der Waals surface area contributed by atoms with E-state index < -0.39 is 0 Å². The van der Waals surface area contributed by atoms with Crippen LogP contribution in [-0.2, 0) is 0 Å². The third-order valence-electron chi connectivity index (χ3n) is 3.25. The van der Waals surface area contributed by atoms with Crippen molar-refractivity contribution >= 4 is 15.9 Å². The van der Waals surface area contributed by atoms with Crippen molar-refractivity contribution in [2.75, 3.05) is 6.54 Å². The predicted molar refractivity (Wildman–Crippen MR) is 72.6 cm³/mol. The molecule has 1 aliphatic carbocycles. The molecule has 1 atom stereocenters. The Balaban J connectivity index is 2.15. The zero-order valence-electron chi connectivity index (χ0n) is 10.1. The average molecular weight is 282 g/mol. The van der Waals surface area contributed by atoms with Crippen molar-refractivity contribution in [1.29, 1.82) is 0 Å². The molecule has 0 saturated heterocycles. The minimum Gasteiger partial charge on any atom is -0.310 e. The van der Waals surface area contributed by atoms with Gasteiger partial charge in [0.25, 0.3) is 0 Å². The summed E-state index contributed by atoms with van der Waals surface area (Å²) >= 11 is 3.69. The van der Waals surface area contributed by atoms with Gasteiger partial charge in [0.2, 0.25) is 0 Å². The number of hydrogen-bond acceptors (Lipinski definition) is 1. The Hall–Kier alpha value is -0.340. The van der Waals surface area contributed by atoms with Gasteiger partial charge in [-0.05, 0) is 43.0 Å². The van der Waals surface area contributed by atoms with Crippen LogP contribution in [-0.4, -0.2) is 6.54 Å². The van der Waals surface area contributed by atoms with Crippen molar-refractivity contribution in [1.82, 2.24) is 5.32 Å². The molecule has 16 heavy (non-hydrogen) atoms. The summed E-state index contributed by atoms with van der Waals surface area (Å²) in [5.41, 5.74) is 2.73. The molecule has 1 aromatic carbocycles. The maximum absolute atomic E-state index is 3.69. The number of aryl methyl sites for hydroxylation is 1. The van der Waals surface area contributed by atoms with E-state index in [0.717, 1.165) is 12.5 Å². The Morgan fingerprint density at radius 3 is 2.75 bits per heavy atom. The van der Waals surface area contributed by atoms with Gasteiger partial charge in [0.05, 0.1) is 0 Å². The molecule has 2 rings (SSSR count). The van der Waals surface area contributed by atoms with Crippen LogP contribution < -0.4 is 5.32 Å². The van der Waals surface area contributed by atoms with Crippen molar-refractivity contribution in [3.05, 3.63) is 33.8 Å². The highest BCUT2D eigenvalue weighted by Crippen LogP contribution is 2.39. The Morgan fingerprint density at radius 2 is 2.19 bits per heavy atom. The standard InChI is InChI=1S/C14H20BrN/c1-3-16-14(9-11-5-6-11)12-7-4-10(2)8-13(12)15/h4,7-8,11,14,16H,3,5-6,9H2,1-2H3. The highest BCUT2D eigenvalue weighted by atomic mass is 79.9. The van der Waals surface area contributed by atoms with Crippen LogP contribution in [0.3, 0.4) is 0 Å². The lowest BCUT2D eigenvalue weighted by atomic mass is 10.00. The van der Waals surface area contributed by atoms with Gasteiger partial charge in [-0.25, -0.2) is 0 Å². The smallest absolute Gasteiger partial charge is 0.0333 e. The van der Waals surface area contributed by atoms with E-state index >= 15 is 0 Å². The molecule has 1 fully saturated rings. The largest absolute Gasteiger partial charge is 0.310 e. The van der Waals surface area contributed by atoms with Crippen LogP contribution in [0.4, 0.5) is 0 Å². The fraction of sp³-hybridized carbons (Fsp3) is 0.571. The Bertz CT molecular complexity index is 358. The molecule has 0 aliphatic heterocycles. The number of nitrogens with one attached hydrogen (secondary N) is 1. The van der Waals surface area contributed by atoms with E-state index in [0.29, 0.717) is 6.04 Å². The Labute approximate surface area is 107 Å². The van der Waals surface area contributed by atoms with Crippen LogP contribution in [0, 0.1) is 12.8 Å². The first-order valence-electron chi connectivity index (χ1n) is 6.20. The molecule has 1 N–H and O–H groups in total. The molecule has 0 spiro atoms. The Morgan fingerprint density at radius 1 is 1.44 bits per heavy atom. The fourth-order valence-corrected chi connectivity index (χ4v) is 2.94. The van der Waals surface area contributed by atoms with E-state index in [2.05, 4.69) is 53.3 Å². The predicted octanol–water partition coefficient (Wildman–Crippen LogP) is 4.21. The van der Waals surface area contributed by atoms with E-state index in [1.165, 1.54) is 34.9 Å². The van der Waals surface area contributed by atoms with E-state index in [9.17, 15) is 0 Å². The zero-order chi connectivity index (χ0) is 11.5. The second-order valence-corrected chi connectivity index (χ2v) is 5.67. The normalized spacial score (nSPS) is 17.4. The maximum Gasteiger partial charge on any atom is 0.0333 e. The van der Waals surface area contributed by atoms with Crippen LogP contribution in [0.2, 0.25) is 0 Å². The van der Waals surface area contributed by atoms with E-state index in [1.807, 2.05) is 0 Å². The molecule has 0 bridgehead atoms. The van der Waals surface area contributed by atoms with Gasteiger partial charge in [0.15, 0.2) is 0 Å². The third-order valence-corrected chi connectivity index (χ3v) is 3.93. The summed E-state index contributed by atoms with van der Waals surface area (Å²) in [7, 11) is 0.